The molecule has 3 rings (SSSR count). The fourth-order valence-corrected chi connectivity index (χ4v) is 5.00. The lowest BCUT2D eigenvalue weighted by Crippen LogP contribution is -2.42. The average molecular weight is 477 g/mol. The predicted octanol–water partition coefficient (Wildman–Crippen LogP) is 3.38. The molecule has 0 aromatic heterocycles. The first-order valence-electron chi connectivity index (χ1n) is 11.0. The molecular formula is C24H32N2O6S. The molecule has 1 atom stereocenters. The molecule has 1 unspecified atom stereocenters. The number of sulfonamides is 1. The smallest absolute Gasteiger partial charge is 0.243 e. The number of hydrogen-bond acceptors (Lipinski definition) is 6. The first-order valence-corrected chi connectivity index (χ1v) is 12.5. The van der Waals surface area contributed by atoms with Crippen LogP contribution in [-0.4, -0.2) is 52.0 Å². The van der Waals surface area contributed by atoms with E-state index in [0.717, 1.165) is 5.56 Å². The SMILES string of the molecule is COc1ccccc1C(C)NC(=O)CN(CCC(C)C)S(=O)(=O)c1ccc2c(c1)OCCO2. The van der Waals surface area contributed by atoms with Crippen molar-refractivity contribution in [3.05, 3.63) is 48.0 Å². The third-order valence-corrected chi connectivity index (χ3v) is 7.25. The van der Waals surface area contributed by atoms with Gasteiger partial charge in [0.25, 0.3) is 0 Å². The van der Waals surface area contributed by atoms with Crippen molar-refractivity contribution in [3.63, 3.8) is 0 Å². The Morgan fingerprint density at radius 1 is 1.09 bits per heavy atom. The van der Waals surface area contributed by atoms with E-state index in [9.17, 15) is 13.2 Å². The molecule has 180 valence electrons. The van der Waals surface area contributed by atoms with Crippen LogP contribution in [0.1, 0.15) is 38.8 Å². The number of benzene rings is 2. The largest absolute Gasteiger partial charge is 0.496 e. The van der Waals surface area contributed by atoms with Gasteiger partial charge < -0.3 is 19.5 Å². The molecule has 33 heavy (non-hydrogen) atoms. The zero-order valence-corrected chi connectivity index (χ0v) is 20.4. The summed E-state index contributed by atoms with van der Waals surface area (Å²) in [5, 5.41) is 2.89. The van der Waals surface area contributed by atoms with E-state index < -0.39 is 15.9 Å². The molecule has 1 amide bonds. The summed E-state index contributed by atoms with van der Waals surface area (Å²) in [6.07, 6.45) is 0.624. The molecule has 0 fully saturated rings. The Labute approximate surface area is 195 Å². The second-order valence-corrected chi connectivity index (χ2v) is 10.3. The number of para-hydroxylation sites is 1. The van der Waals surface area contributed by atoms with Crippen molar-refractivity contribution < 1.29 is 27.4 Å². The van der Waals surface area contributed by atoms with Crippen LogP contribution in [0.3, 0.4) is 0 Å². The lowest BCUT2D eigenvalue weighted by atomic mass is 10.1. The maximum Gasteiger partial charge on any atom is 0.243 e. The molecule has 8 nitrogen and oxygen atoms in total. The Morgan fingerprint density at radius 3 is 2.48 bits per heavy atom. The maximum atomic E-state index is 13.5. The van der Waals surface area contributed by atoms with Gasteiger partial charge in [0.15, 0.2) is 11.5 Å². The highest BCUT2D eigenvalue weighted by Gasteiger charge is 2.29. The fourth-order valence-electron chi connectivity index (χ4n) is 3.57. The van der Waals surface area contributed by atoms with Gasteiger partial charge in [0, 0.05) is 18.2 Å². The minimum absolute atomic E-state index is 0.0704. The van der Waals surface area contributed by atoms with Crippen LogP contribution in [0.2, 0.25) is 0 Å². The van der Waals surface area contributed by atoms with Crippen molar-refractivity contribution in [2.24, 2.45) is 5.92 Å². The van der Waals surface area contributed by atoms with Crippen LogP contribution in [0.4, 0.5) is 0 Å². The number of fused-ring (bicyclic) bond motifs is 1. The molecule has 0 bridgehead atoms. The number of nitrogens with one attached hydrogen (secondary N) is 1. The van der Waals surface area contributed by atoms with Gasteiger partial charge in [-0.3, -0.25) is 4.79 Å². The number of nitrogens with zero attached hydrogens (tertiary/aromatic N) is 1. The summed E-state index contributed by atoms with van der Waals surface area (Å²) in [5.41, 5.74) is 0.816. The van der Waals surface area contributed by atoms with E-state index in [-0.39, 0.29) is 29.9 Å². The van der Waals surface area contributed by atoms with Crippen molar-refractivity contribution in [1.82, 2.24) is 9.62 Å². The second kappa shape index (κ2) is 10.9. The molecule has 1 heterocycles. The summed E-state index contributed by atoms with van der Waals surface area (Å²) in [6, 6.07) is 11.6. The summed E-state index contributed by atoms with van der Waals surface area (Å²) in [7, 11) is -2.36. The Bertz CT molecular complexity index is 1070. The first-order chi connectivity index (χ1) is 15.7. The van der Waals surface area contributed by atoms with Crippen LogP contribution in [0.5, 0.6) is 17.2 Å². The highest BCUT2D eigenvalue weighted by Crippen LogP contribution is 2.33. The van der Waals surface area contributed by atoms with E-state index in [4.69, 9.17) is 14.2 Å². The highest BCUT2D eigenvalue weighted by atomic mass is 32.2. The first kappa shape index (κ1) is 24.9. The molecule has 9 heteroatoms. The molecule has 1 N–H and O–H groups in total. The summed E-state index contributed by atoms with van der Waals surface area (Å²) < 4.78 is 44.5. The lowest BCUT2D eigenvalue weighted by Gasteiger charge is -2.25. The van der Waals surface area contributed by atoms with E-state index in [1.54, 1.807) is 13.2 Å². The van der Waals surface area contributed by atoms with Crippen LogP contribution >= 0.6 is 0 Å². The van der Waals surface area contributed by atoms with Gasteiger partial charge >= 0.3 is 0 Å². The molecule has 2 aromatic carbocycles. The molecule has 2 aromatic rings. The molecular weight excluding hydrogens is 444 g/mol. The summed E-state index contributed by atoms with van der Waals surface area (Å²) in [5.74, 6) is 1.44. The third kappa shape index (κ3) is 6.17. The number of carbonyl (C=O) groups excluding carboxylic acids is 1. The third-order valence-electron chi connectivity index (χ3n) is 5.41. The highest BCUT2D eigenvalue weighted by molar-refractivity contribution is 7.89. The molecule has 0 radical (unpaired) electrons. The monoisotopic (exact) mass is 476 g/mol. The zero-order valence-electron chi connectivity index (χ0n) is 19.5. The van der Waals surface area contributed by atoms with Crippen molar-refractivity contribution in [2.75, 3.05) is 33.4 Å². The Hall–Kier alpha value is -2.78. The minimum atomic E-state index is -3.93. The summed E-state index contributed by atoms with van der Waals surface area (Å²) in [6.45, 7) is 6.58. The predicted molar refractivity (Wildman–Crippen MR) is 125 cm³/mol. The number of hydrogen-bond donors (Lipinski definition) is 1. The van der Waals surface area contributed by atoms with Crippen LogP contribution in [-0.2, 0) is 14.8 Å². The number of rotatable bonds is 10. The van der Waals surface area contributed by atoms with Gasteiger partial charge in [-0.2, -0.15) is 4.31 Å². The van der Waals surface area contributed by atoms with Crippen molar-refractivity contribution in [3.8, 4) is 17.2 Å². The Kier molecular flexibility index (Phi) is 8.20. The minimum Gasteiger partial charge on any atom is -0.496 e. The van der Waals surface area contributed by atoms with Crippen molar-refractivity contribution >= 4 is 15.9 Å². The second-order valence-electron chi connectivity index (χ2n) is 8.36. The van der Waals surface area contributed by atoms with E-state index in [1.807, 2.05) is 45.0 Å². The maximum absolute atomic E-state index is 13.5. The van der Waals surface area contributed by atoms with Gasteiger partial charge in [0.05, 0.1) is 24.6 Å². The van der Waals surface area contributed by atoms with Crippen LogP contribution in [0, 0.1) is 5.92 Å². The van der Waals surface area contributed by atoms with Crippen LogP contribution in [0.25, 0.3) is 0 Å². The molecule has 0 saturated heterocycles. The van der Waals surface area contributed by atoms with E-state index in [0.29, 0.717) is 36.9 Å². The van der Waals surface area contributed by atoms with Crippen molar-refractivity contribution in [1.29, 1.82) is 0 Å². The van der Waals surface area contributed by atoms with Crippen LogP contribution in [0.15, 0.2) is 47.4 Å². The standard InChI is InChI=1S/C24H32N2O6S/c1-17(2)11-12-26(16-24(27)25-18(3)20-7-5-6-8-21(20)30-4)33(28,29)19-9-10-22-23(15-19)32-14-13-31-22/h5-10,15,17-18H,11-14,16H2,1-4H3,(H,25,27). The van der Waals surface area contributed by atoms with Gasteiger partial charge in [-0.15, -0.1) is 0 Å². The summed E-state index contributed by atoms with van der Waals surface area (Å²) in [4.78, 5) is 13.0. The van der Waals surface area contributed by atoms with E-state index in [1.165, 1.54) is 16.4 Å². The Balaban J connectivity index is 1.79. The molecule has 0 saturated carbocycles. The molecule has 1 aliphatic heterocycles. The number of amides is 1. The quantitative estimate of drug-likeness (QED) is 0.565. The van der Waals surface area contributed by atoms with Gasteiger partial charge in [0.2, 0.25) is 15.9 Å². The Morgan fingerprint density at radius 2 is 1.79 bits per heavy atom. The van der Waals surface area contributed by atoms with Gasteiger partial charge in [-0.05, 0) is 37.5 Å². The summed E-state index contributed by atoms with van der Waals surface area (Å²) >= 11 is 0. The number of carbonyl (C=O) groups is 1. The molecule has 0 spiro atoms. The fraction of sp³-hybridized carbons (Fsp3) is 0.458. The topological polar surface area (TPSA) is 94.2 Å². The van der Waals surface area contributed by atoms with Crippen molar-refractivity contribution in [2.45, 2.75) is 38.1 Å². The van der Waals surface area contributed by atoms with E-state index >= 15 is 0 Å². The van der Waals surface area contributed by atoms with Gasteiger partial charge in [-0.25, -0.2) is 8.42 Å². The van der Waals surface area contributed by atoms with Crippen LogP contribution < -0.4 is 19.5 Å². The van der Waals surface area contributed by atoms with E-state index in [2.05, 4.69) is 5.32 Å². The lowest BCUT2D eigenvalue weighted by molar-refractivity contribution is -0.122. The van der Waals surface area contributed by atoms with Gasteiger partial charge in [0.1, 0.15) is 19.0 Å². The number of methoxy groups -OCH3 is 1. The van der Waals surface area contributed by atoms with Gasteiger partial charge in [-0.1, -0.05) is 32.0 Å². The zero-order chi connectivity index (χ0) is 24.0. The molecule has 0 aliphatic carbocycles. The number of ether oxygens (including phenoxy) is 3. The molecule has 1 aliphatic rings. The normalized spacial score (nSPS) is 14.2. The average Bonchev–Trinajstić information content (AvgIpc) is 2.81.